The second-order valence-corrected chi connectivity index (χ2v) is 11.2. The highest BCUT2D eigenvalue weighted by molar-refractivity contribution is 8.16. The van der Waals surface area contributed by atoms with Gasteiger partial charge in [0.2, 0.25) is 5.91 Å². The van der Waals surface area contributed by atoms with Crippen molar-refractivity contribution in [1.82, 2.24) is 4.90 Å². The Labute approximate surface area is 210 Å². The van der Waals surface area contributed by atoms with E-state index in [9.17, 15) is 18.4 Å². The molecule has 1 saturated heterocycles. The van der Waals surface area contributed by atoms with Crippen LogP contribution < -0.4 is 5.32 Å². The number of rotatable bonds is 4. The molecule has 11 heteroatoms. The van der Waals surface area contributed by atoms with Crippen molar-refractivity contribution < 1.29 is 23.1 Å². The number of hydrogen-bond acceptors (Lipinski definition) is 7. The molecule has 186 valence electrons. The van der Waals surface area contributed by atoms with Crippen molar-refractivity contribution in [3.8, 4) is 0 Å². The van der Waals surface area contributed by atoms with E-state index in [2.05, 4.69) is 5.32 Å². The molecule has 1 spiro atoms. The van der Waals surface area contributed by atoms with Crippen molar-refractivity contribution >= 4 is 51.5 Å². The van der Waals surface area contributed by atoms with Crippen LogP contribution >= 0.6 is 23.1 Å². The maximum absolute atomic E-state index is 13.4. The average Bonchev–Trinajstić information content (AvgIpc) is 3.43. The van der Waals surface area contributed by atoms with Crippen LogP contribution in [0.4, 0.5) is 19.3 Å². The summed E-state index contributed by atoms with van der Waals surface area (Å²) in [4.78, 5) is 37.4. The number of likely N-dealkylation sites (tertiary alicyclic amines) is 1. The second-order valence-electron chi connectivity index (χ2n) is 9.27. The smallest absolute Gasteiger partial charge is 0.410 e. The number of carbonyl (C=O) groups excluding carboxylic acids is 2. The lowest BCUT2D eigenvalue weighted by atomic mass is 9.99. The normalized spacial score (nSPS) is 17.2. The highest BCUT2D eigenvalue weighted by Crippen LogP contribution is 2.36. The van der Waals surface area contributed by atoms with Crippen molar-refractivity contribution in [2.24, 2.45) is 9.98 Å². The van der Waals surface area contributed by atoms with E-state index in [1.165, 1.54) is 29.2 Å². The van der Waals surface area contributed by atoms with E-state index in [1.54, 1.807) is 4.90 Å². The molecule has 0 bridgehead atoms. The number of halogens is 2. The fraction of sp³-hybridized carbons (Fsp3) is 0.417. The van der Waals surface area contributed by atoms with Gasteiger partial charge in [-0.25, -0.2) is 18.6 Å². The van der Waals surface area contributed by atoms with Gasteiger partial charge in [0.05, 0.1) is 10.6 Å². The number of anilines is 1. The first-order chi connectivity index (χ1) is 16.5. The van der Waals surface area contributed by atoms with Gasteiger partial charge in [-0.3, -0.25) is 9.79 Å². The summed E-state index contributed by atoms with van der Waals surface area (Å²) in [6.07, 6.45) is 0.749. The van der Waals surface area contributed by atoms with Crippen molar-refractivity contribution in [2.75, 3.05) is 24.2 Å². The largest absolute Gasteiger partial charge is 0.444 e. The lowest BCUT2D eigenvalue weighted by molar-refractivity contribution is -0.113. The van der Waals surface area contributed by atoms with Gasteiger partial charge < -0.3 is 15.0 Å². The van der Waals surface area contributed by atoms with Gasteiger partial charge in [-0.15, -0.1) is 11.3 Å². The Hall–Kier alpha value is -2.79. The summed E-state index contributed by atoms with van der Waals surface area (Å²) >= 11 is 2.78. The summed E-state index contributed by atoms with van der Waals surface area (Å²) in [5, 5.41) is 5.18. The van der Waals surface area contributed by atoms with E-state index in [4.69, 9.17) is 14.7 Å². The summed E-state index contributed by atoms with van der Waals surface area (Å²) in [5.41, 5.74) is -0.333. The Balaban J connectivity index is 1.43. The molecule has 1 aromatic carbocycles. The van der Waals surface area contributed by atoms with E-state index in [0.717, 1.165) is 22.7 Å². The number of thiophene rings is 1. The maximum atomic E-state index is 13.4. The molecular formula is C24H26F2N4O3S2. The number of benzene rings is 1. The molecule has 1 aromatic heterocycles. The first-order valence-electron chi connectivity index (χ1n) is 11.1. The zero-order valence-electron chi connectivity index (χ0n) is 19.6. The molecule has 0 unspecified atom stereocenters. The molecule has 2 amide bonds. The number of ether oxygens (including phenoxy) is 1. The number of thioether (sulfide) groups is 1. The van der Waals surface area contributed by atoms with E-state index in [-0.39, 0.29) is 23.4 Å². The zero-order valence-corrected chi connectivity index (χ0v) is 21.3. The SMILES string of the molecule is CC(C)(C)OC(=O)N1CCC2(CC1)N=C(SCC(=O)Nc1ccc(F)c(F)c1)C(c1cccs1)=N2. The van der Waals surface area contributed by atoms with Crippen LogP contribution in [0.25, 0.3) is 0 Å². The molecule has 3 heterocycles. The first kappa shape index (κ1) is 25.3. The predicted octanol–water partition coefficient (Wildman–Crippen LogP) is 5.33. The van der Waals surface area contributed by atoms with Crippen LogP contribution in [0.15, 0.2) is 45.7 Å². The number of aliphatic imine (C=N–C) groups is 2. The molecule has 2 aliphatic heterocycles. The molecular weight excluding hydrogens is 494 g/mol. The Morgan fingerprint density at radius 2 is 1.91 bits per heavy atom. The molecule has 0 radical (unpaired) electrons. The van der Waals surface area contributed by atoms with Crippen LogP contribution in [0.5, 0.6) is 0 Å². The summed E-state index contributed by atoms with van der Waals surface area (Å²) in [7, 11) is 0. The van der Waals surface area contributed by atoms with Crippen LogP contribution in [0.3, 0.4) is 0 Å². The topological polar surface area (TPSA) is 83.4 Å². The molecule has 2 aromatic rings. The second kappa shape index (κ2) is 10.1. The standard InChI is InChI=1S/C24H26F2N4O3S2/c1-23(2,3)33-22(32)30-10-8-24(9-11-30)28-20(18-5-4-12-34-18)21(29-24)35-14-19(31)27-15-6-7-16(25)17(26)13-15/h4-7,12-13H,8-11,14H2,1-3H3,(H,27,31). The third-order valence-electron chi connectivity index (χ3n) is 5.35. The van der Waals surface area contributed by atoms with E-state index in [1.807, 2.05) is 38.3 Å². The van der Waals surface area contributed by atoms with Gasteiger partial charge in [-0.2, -0.15) is 0 Å². The molecule has 35 heavy (non-hydrogen) atoms. The van der Waals surface area contributed by atoms with Crippen molar-refractivity contribution in [1.29, 1.82) is 0 Å². The van der Waals surface area contributed by atoms with Gasteiger partial charge in [0.15, 0.2) is 17.3 Å². The van der Waals surface area contributed by atoms with Gasteiger partial charge in [0.25, 0.3) is 0 Å². The molecule has 4 rings (SSSR count). The molecule has 0 aliphatic carbocycles. The number of nitrogens with one attached hydrogen (secondary N) is 1. The summed E-state index contributed by atoms with van der Waals surface area (Å²) in [6, 6.07) is 7.09. The molecule has 0 atom stereocenters. The first-order valence-corrected chi connectivity index (χ1v) is 13.0. The highest BCUT2D eigenvalue weighted by atomic mass is 32.2. The van der Waals surface area contributed by atoms with Crippen molar-refractivity contribution in [3.63, 3.8) is 0 Å². The van der Waals surface area contributed by atoms with Gasteiger partial charge in [-0.1, -0.05) is 17.8 Å². The van der Waals surface area contributed by atoms with Crippen LogP contribution in [-0.4, -0.2) is 57.8 Å². The summed E-state index contributed by atoms with van der Waals surface area (Å²) < 4.78 is 32.0. The van der Waals surface area contributed by atoms with Crippen LogP contribution in [0, 0.1) is 11.6 Å². The molecule has 1 fully saturated rings. The Morgan fingerprint density at radius 3 is 2.54 bits per heavy atom. The Kier molecular flexibility index (Phi) is 7.27. The number of nitrogens with zero attached hydrogens (tertiary/aromatic N) is 3. The quantitative estimate of drug-likeness (QED) is 0.591. The van der Waals surface area contributed by atoms with Crippen molar-refractivity contribution in [2.45, 2.75) is 44.9 Å². The van der Waals surface area contributed by atoms with E-state index in [0.29, 0.717) is 31.0 Å². The third kappa shape index (κ3) is 6.26. The molecule has 1 N–H and O–H groups in total. The fourth-order valence-corrected chi connectivity index (χ4v) is 5.35. The highest BCUT2D eigenvalue weighted by Gasteiger charge is 2.41. The Morgan fingerprint density at radius 1 is 1.17 bits per heavy atom. The van der Waals surface area contributed by atoms with E-state index < -0.39 is 22.9 Å². The Bertz CT molecular complexity index is 1170. The number of carbonyl (C=O) groups is 2. The fourth-order valence-electron chi connectivity index (χ4n) is 3.70. The maximum Gasteiger partial charge on any atom is 0.410 e. The lowest BCUT2D eigenvalue weighted by Gasteiger charge is -2.36. The van der Waals surface area contributed by atoms with Crippen LogP contribution in [0.1, 0.15) is 38.5 Å². The lowest BCUT2D eigenvalue weighted by Crippen LogP contribution is -2.46. The monoisotopic (exact) mass is 520 g/mol. The molecule has 0 saturated carbocycles. The zero-order chi connectivity index (χ0) is 25.2. The third-order valence-corrected chi connectivity index (χ3v) is 7.19. The van der Waals surface area contributed by atoms with Gasteiger partial charge in [0.1, 0.15) is 16.4 Å². The predicted molar refractivity (Wildman–Crippen MR) is 136 cm³/mol. The number of amides is 2. The minimum absolute atomic E-state index is 0.0301. The van der Waals surface area contributed by atoms with Gasteiger partial charge >= 0.3 is 6.09 Å². The summed E-state index contributed by atoms with van der Waals surface area (Å²) in [6.45, 7) is 6.44. The summed E-state index contributed by atoms with van der Waals surface area (Å²) in [5.74, 6) is -2.34. The van der Waals surface area contributed by atoms with Crippen LogP contribution in [-0.2, 0) is 9.53 Å². The number of hydrogen-bond donors (Lipinski definition) is 1. The average molecular weight is 521 g/mol. The van der Waals surface area contributed by atoms with Crippen LogP contribution in [0.2, 0.25) is 0 Å². The minimum Gasteiger partial charge on any atom is -0.444 e. The molecule has 2 aliphatic rings. The van der Waals surface area contributed by atoms with E-state index >= 15 is 0 Å². The van der Waals surface area contributed by atoms with Gasteiger partial charge in [0, 0.05) is 37.7 Å². The minimum atomic E-state index is -1.03. The van der Waals surface area contributed by atoms with Crippen molar-refractivity contribution in [3.05, 3.63) is 52.2 Å². The van der Waals surface area contributed by atoms with Gasteiger partial charge in [-0.05, 0) is 44.4 Å². The number of piperidine rings is 1. The molecule has 7 nitrogen and oxygen atoms in total.